The highest BCUT2D eigenvalue weighted by Crippen LogP contribution is 2.37. The third-order valence-corrected chi connectivity index (χ3v) is 5.54. The number of rotatable bonds is 4. The molecular formula is C18H30N4O. The molecule has 1 aliphatic heterocycles. The quantitative estimate of drug-likeness (QED) is 0.925. The van der Waals surface area contributed by atoms with Crippen LogP contribution in [0.4, 0.5) is 5.82 Å². The second kappa shape index (κ2) is 6.73. The van der Waals surface area contributed by atoms with Crippen LogP contribution in [0.3, 0.4) is 0 Å². The van der Waals surface area contributed by atoms with Crippen LogP contribution in [-0.4, -0.2) is 53.0 Å². The number of nitrogens with zero attached hydrogens (tertiary/aromatic N) is 4. The highest BCUT2D eigenvalue weighted by molar-refractivity contribution is 5.35. The average molecular weight is 318 g/mol. The second-order valence-corrected chi connectivity index (χ2v) is 7.75. The van der Waals surface area contributed by atoms with Gasteiger partial charge in [0.15, 0.2) is 5.82 Å². The molecule has 2 fully saturated rings. The van der Waals surface area contributed by atoms with Gasteiger partial charge in [-0.3, -0.25) is 4.90 Å². The van der Waals surface area contributed by atoms with Crippen molar-refractivity contribution < 1.29 is 5.11 Å². The zero-order valence-electron chi connectivity index (χ0n) is 14.7. The molecule has 1 saturated carbocycles. The lowest BCUT2D eigenvalue weighted by Crippen LogP contribution is -2.45. The van der Waals surface area contributed by atoms with Crippen LogP contribution in [0.5, 0.6) is 0 Å². The van der Waals surface area contributed by atoms with Gasteiger partial charge >= 0.3 is 0 Å². The van der Waals surface area contributed by atoms with Crippen LogP contribution in [0.1, 0.15) is 57.2 Å². The smallest absolute Gasteiger partial charge is 0.150 e. The summed E-state index contributed by atoms with van der Waals surface area (Å²) in [5.41, 5.74) is 0.535. The SMILES string of the molecule is CC1CCC(O)(CN2CCCC2c2ccc(N(C)C)nn2)CC1. The minimum absolute atomic E-state index is 0.307. The van der Waals surface area contributed by atoms with Crippen LogP contribution in [0.15, 0.2) is 12.1 Å². The van der Waals surface area contributed by atoms with E-state index in [0.717, 1.165) is 62.6 Å². The molecule has 0 radical (unpaired) electrons. The summed E-state index contributed by atoms with van der Waals surface area (Å²) in [6.07, 6.45) is 6.45. The third kappa shape index (κ3) is 3.83. The molecule has 3 rings (SSSR count). The molecule has 5 heteroatoms. The zero-order chi connectivity index (χ0) is 16.4. The molecule has 1 N–H and O–H groups in total. The Bertz CT molecular complexity index is 508. The fourth-order valence-corrected chi connectivity index (χ4v) is 3.94. The first-order chi connectivity index (χ1) is 11.0. The molecule has 128 valence electrons. The molecule has 2 aliphatic rings. The van der Waals surface area contributed by atoms with Crippen molar-refractivity contribution >= 4 is 5.82 Å². The van der Waals surface area contributed by atoms with E-state index >= 15 is 0 Å². The summed E-state index contributed by atoms with van der Waals surface area (Å²) >= 11 is 0. The standard InChI is InChI=1S/C18H30N4O/c1-14-8-10-18(23,11-9-14)13-22-12-4-5-16(22)15-6-7-17(20-19-15)21(2)3/h6-7,14,16,23H,4-5,8-13H2,1-3H3. The van der Waals surface area contributed by atoms with Gasteiger partial charge in [0, 0.05) is 20.6 Å². The molecule has 5 nitrogen and oxygen atoms in total. The molecule has 0 aromatic carbocycles. The zero-order valence-corrected chi connectivity index (χ0v) is 14.7. The molecule has 2 heterocycles. The Morgan fingerprint density at radius 3 is 2.57 bits per heavy atom. The van der Waals surface area contributed by atoms with Crippen molar-refractivity contribution in [3.05, 3.63) is 17.8 Å². The van der Waals surface area contributed by atoms with Crippen LogP contribution >= 0.6 is 0 Å². The number of aliphatic hydroxyl groups is 1. The Morgan fingerprint density at radius 2 is 1.96 bits per heavy atom. The number of hydrogen-bond acceptors (Lipinski definition) is 5. The van der Waals surface area contributed by atoms with Crippen LogP contribution < -0.4 is 4.90 Å². The van der Waals surface area contributed by atoms with Crippen molar-refractivity contribution in [3.63, 3.8) is 0 Å². The van der Waals surface area contributed by atoms with Gasteiger partial charge in [0.25, 0.3) is 0 Å². The number of hydrogen-bond donors (Lipinski definition) is 1. The van der Waals surface area contributed by atoms with Crippen molar-refractivity contribution in [3.8, 4) is 0 Å². The molecule has 1 aromatic heterocycles. The van der Waals surface area contributed by atoms with E-state index in [-0.39, 0.29) is 0 Å². The lowest BCUT2D eigenvalue weighted by atomic mass is 9.79. The third-order valence-electron chi connectivity index (χ3n) is 5.54. The van der Waals surface area contributed by atoms with Gasteiger partial charge in [-0.2, -0.15) is 5.10 Å². The van der Waals surface area contributed by atoms with E-state index in [0.29, 0.717) is 6.04 Å². The molecule has 0 amide bonds. The summed E-state index contributed by atoms with van der Waals surface area (Å²) in [5, 5.41) is 19.7. The maximum Gasteiger partial charge on any atom is 0.150 e. The summed E-state index contributed by atoms with van der Waals surface area (Å²) in [4.78, 5) is 4.39. The Labute approximate surface area is 139 Å². The summed E-state index contributed by atoms with van der Waals surface area (Å²) in [6, 6.07) is 4.44. The van der Waals surface area contributed by atoms with E-state index in [4.69, 9.17) is 0 Å². The maximum atomic E-state index is 10.9. The van der Waals surface area contributed by atoms with Crippen molar-refractivity contribution in [1.82, 2.24) is 15.1 Å². The van der Waals surface area contributed by atoms with Gasteiger partial charge < -0.3 is 10.0 Å². The van der Waals surface area contributed by atoms with Gasteiger partial charge in [-0.25, -0.2) is 0 Å². The van der Waals surface area contributed by atoms with E-state index in [1.807, 2.05) is 25.1 Å². The summed E-state index contributed by atoms with van der Waals surface area (Å²) in [5.74, 6) is 1.65. The normalized spacial score (nSPS) is 32.2. The van der Waals surface area contributed by atoms with Gasteiger partial charge in [-0.05, 0) is 63.1 Å². The lowest BCUT2D eigenvalue weighted by molar-refractivity contribution is -0.0381. The molecular weight excluding hydrogens is 288 g/mol. The first kappa shape index (κ1) is 16.7. The Hall–Kier alpha value is -1.20. The van der Waals surface area contributed by atoms with Crippen molar-refractivity contribution in [2.24, 2.45) is 5.92 Å². The van der Waals surface area contributed by atoms with Gasteiger partial charge in [-0.1, -0.05) is 6.92 Å². The van der Waals surface area contributed by atoms with E-state index in [9.17, 15) is 5.11 Å². The highest BCUT2D eigenvalue weighted by Gasteiger charge is 2.37. The molecule has 23 heavy (non-hydrogen) atoms. The average Bonchev–Trinajstić information content (AvgIpc) is 2.98. The summed E-state index contributed by atoms with van der Waals surface area (Å²) in [7, 11) is 3.95. The van der Waals surface area contributed by atoms with Crippen LogP contribution in [0, 0.1) is 5.92 Å². The first-order valence-corrected chi connectivity index (χ1v) is 8.94. The predicted molar refractivity (Wildman–Crippen MR) is 92.5 cm³/mol. The number of likely N-dealkylation sites (tertiary alicyclic amines) is 1. The van der Waals surface area contributed by atoms with Gasteiger partial charge in [0.05, 0.1) is 17.3 Å². The van der Waals surface area contributed by atoms with Crippen molar-refractivity contribution in [2.75, 3.05) is 32.1 Å². The molecule has 1 saturated heterocycles. The minimum Gasteiger partial charge on any atom is -0.389 e. The predicted octanol–water partition coefficient (Wildman–Crippen LogP) is 2.62. The fourth-order valence-electron chi connectivity index (χ4n) is 3.94. The van der Waals surface area contributed by atoms with Crippen molar-refractivity contribution in [1.29, 1.82) is 0 Å². The Morgan fingerprint density at radius 1 is 1.22 bits per heavy atom. The second-order valence-electron chi connectivity index (χ2n) is 7.75. The van der Waals surface area contributed by atoms with Crippen LogP contribution in [-0.2, 0) is 0 Å². The molecule has 0 bridgehead atoms. The molecule has 1 aliphatic carbocycles. The van der Waals surface area contributed by atoms with Gasteiger partial charge in [0.2, 0.25) is 0 Å². The fraction of sp³-hybridized carbons (Fsp3) is 0.778. The molecule has 0 spiro atoms. The number of β-amino-alcohol motifs (C(OH)–C–C–N with tert-alkyl or cyclic N) is 1. The first-order valence-electron chi connectivity index (χ1n) is 8.94. The van der Waals surface area contributed by atoms with Gasteiger partial charge in [0.1, 0.15) is 0 Å². The highest BCUT2D eigenvalue weighted by atomic mass is 16.3. The molecule has 1 aromatic rings. The van der Waals surface area contributed by atoms with Crippen LogP contribution in [0.25, 0.3) is 0 Å². The lowest BCUT2D eigenvalue weighted by Gasteiger charge is -2.39. The Kier molecular flexibility index (Phi) is 4.87. The van der Waals surface area contributed by atoms with Gasteiger partial charge in [-0.15, -0.1) is 5.10 Å². The molecule has 1 atom stereocenters. The Balaban J connectivity index is 1.68. The number of aromatic nitrogens is 2. The largest absolute Gasteiger partial charge is 0.389 e. The van der Waals surface area contributed by atoms with E-state index < -0.39 is 5.60 Å². The van der Waals surface area contributed by atoms with E-state index in [1.165, 1.54) is 6.42 Å². The summed E-state index contributed by atoms with van der Waals surface area (Å²) < 4.78 is 0. The number of anilines is 1. The molecule has 1 unspecified atom stereocenters. The maximum absolute atomic E-state index is 10.9. The van der Waals surface area contributed by atoms with Crippen molar-refractivity contribution in [2.45, 2.75) is 57.1 Å². The monoisotopic (exact) mass is 318 g/mol. The topological polar surface area (TPSA) is 52.5 Å². The van der Waals surface area contributed by atoms with E-state index in [2.05, 4.69) is 28.1 Å². The van der Waals surface area contributed by atoms with Crippen LogP contribution in [0.2, 0.25) is 0 Å². The van der Waals surface area contributed by atoms with E-state index in [1.54, 1.807) is 0 Å². The minimum atomic E-state index is -0.508. The summed E-state index contributed by atoms with van der Waals surface area (Å²) in [6.45, 7) is 4.13.